The summed E-state index contributed by atoms with van der Waals surface area (Å²) in [6.45, 7) is 3.75. The highest BCUT2D eigenvalue weighted by Gasteiger charge is 2.36. The third-order valence-corrected chi connectivity index (χ3v) is 7.11. The molecule has 0 amide bonds. The monoisotopic (exact) mass is 571 g/mol. The van der Waals surface area contributed by atoms with Crippen molar-refractivity contribution in [1.29, 1.82) is 0 Å². The van der Waals surface area contributed by atoms with E-state index < -0.39 is 18.2 Å². The van der Waals surface area contributed by atoms with Crippen LogP contribution in [0, 0.1) is 0 Å². The number of halogens is 3. The predicted octanol–water partition coefficient (Wildman–Crippen LogP) is 9.07. The Morgan fingerprint density at radius 1 is 0.902 bits per heavy atom. The summed E-state index contributed by atoms with van der Waals surface area (Å²) in [5.74, 6) is -0.326. The molecule has 2 atom stereocenters. The van der Waals surface area contributed by atoms with Crippen LogP contribution in [0.2, 0.25) is 0 Å². The molecule has 8 heteroatoms. The third-order valence-electron chi connectivity index (χ3n) is 7.11. The van der Waals surface area contributed by atoms with E-state index in [0.29, 0.717) is 38.2 Å². The van der Waals surface area contributed by atoms with Gasteiger partial charge in [-0.25, -0.2) is 4.98 Å². The van der Waals surface area contributed by atoms with Crippen molar-refractivity contribution < 1.29 is 32.5 Å². The number of carboxylic acid groups (broad SMARTS) is 1. The average Bonchev–Trinajstić information content (AvgIpc) is 2.96. The van der Waals surface area contributed by atoms with Crippen LogP contribution in [0.1, 0.15) is 76.7 Å². The number of pyridine rings is 1. The van der Waals surface area contributed by atoms with Crippen molar-refractivity contribution in [2.75, 3.05) is 13.2 Å². The summed E-state index contributed by atoms with van der Waals surface area (Å²) in [5, 5.41) is 9.16. The zero-order valence-electron chi connectivity index (χ0n) is 23.8. The van der Waals surface area contributed by atoms with Gasteiger partial charge in [0.15, 0.2) is 6.10 Å². The Morgan fingerprint density at radius 2 is 1.66 bits per heavy atom. The standard InChI is InChI=1S/C33H40F3NO4/c1-3-4-8-20-41-31-19-17-28(23-37-31)30-22-27(16-18-29(30)26-11-6-5-7-12-26)25(13-9-15-32(38)39)14-10-21-40-24(2)33(34,35)36/h5-7,11-12,16-19,22-25H,3-4,8-10,13-15,20-21H2,1-2H3,(H,38,39). The topological polar surface area (TPSA) is 68.7 Å². The number of benzene rings is 2. The lowest BCUT2D eigenvalue weighted by atomic mass is 9.85. The molecule has 0 fully saturated rings. The number of ether oxygens (including phenoxy) is 2. The van der Waals surface area contributed by atoms with E-state index in [-0.39, 0.29) is 18.9 Å². The van der Waals surface area contributed by atoms with E-state index in [0.717, 1.165) is 54.0 Å². The van der Waals surface area contributed by atoms with Crippen LogP contribution in [0.15, 0.2) is 66.9 Å². The molecule has 0 aliphatic heterocycles. The number of hydrogen-bond acceptors (Lipinski definition) is 4. The molecule has 5 nitrogen and oxygen atoms in total. The van der Waals surface area contributed by atoms with Gasteiger partial charge in [-0.05, 0) is 73.3 Å². The first-order chi connectivity index (χ1) is 19.7. The number of alkyl halides is 3. The molecule has 3 aromatic rings. The van der Waals surface area contributed by atoms with E-state index in [1.54, 1.807) is 6.20 Å². The van der Waals surface area contributed by atoms with Crippen molar-refractivity contribution in [1.82, 2.24) is 4.98 Å². The Balaban J connectivity index is 1.87. The number of hydrogen-bond donors (Lipinski definition) is 1. The zero-order chi connectivity index (χ0) is 29.7. The molecule has 0 aliphatic carbocycles. The van der Waals surface area contributed by atoms with Crippen LogP contribution >= 0.6 is 0 Å². The smallest absolute Gasteiger partial charge is 0.414 e. The Kier molecular flexibility index (Phi) is 12.7. The highest BCUT2D eigenvalue weighted by molar-refractivity contribution is 5.83. The molecular weight excluding hydrogens is 531 g/mol. The summed E-state index contributed by atoms with van der Waals surface area (Å²) in [6.07, 6.45) is 0.902. The second kappa shape index (κ2) is 16.2. The van der Waals surface area contributed by atoms with Crippen molar-refractivity contribution >= 4 is 5.97 Å². The van der Waals surface area contributed by atoms with Gasteiger partial charge in [0.25, 0.3) is 0 Å². The van der Waals surface area contributed by atoms with E-state index in [4.69, 9.17) is 14.6 Å². The summed E-state index contributed by atoms with van der Waals surface area (Å²) in [7, 11) is 0. The van der Waals surface area contributed by atoms with Crippen molar-refractivity contribution in [3.8, 4) is 28.1 Å². The first-order valence-electron chi connectivity index (χ1n) is 14.4. The van der Waals surface area contributed by atoms with Gasteiger partial charge >= 0.3 is 12.1 Å². The molecule has 0 radical (unpaired) electrons. The SMILES string of the molecule is CCCCCOc1ccc(-c2cc(C(CCCOC(C)C(F)(F)F)CCCC(=O)O)ccc2-c2ccccc2)cn1. The minimum atomic E-state index is -4.40. The van der Waals surface area contributed by atoms with Crippen LogP contribution in [0.25, 0.3) is 22.3 Å². The van der Waals surface area contributed by atoms with Crippen molar-refractivity contribution in [2.45, 2.75) is 83.4 Å². The van der Waals surface area contributed by atoms with Crippen LogP contribution in [-0.4, -0.2) is 41.6 Å². The van der Waals surface area contributed by atoms with E-state index in [1.165, 1.54) is 0 Å². The van der Waals surface area contributed by atoms with Crippen LogP contribution in [0.4, 0.5) is 13.2 Å². The Hall–Kier alpha value is -3.39. The minimum absolute atomic E-state index is 0.0191. The number of aliphatic carboxylic acids is 1. The molecule has 1 heterocycles. The first kappa shape index (κ1) is 32.1. The molecule has 41 heavy (non-hydrogen) atoms. The van der Waals surface area contributed by atoms with Crippen LogP contribution in [0.3, 0.4) is 0 Å². The minimum Gasteiger partial charge on any atom is -0.481 e. The van der Waals surface area contributed by atoms with E-state index in [1.807, 2.05) is 48.5 Å². The Bertz CT molecular complexity index is 1200. The molecule has 0 bridgehead atoms. The maximum atomic E-state index is 12.8. The molecular formula is C33H40F3NO4. The van der Waals surface area contributed by atoms with Gasteiger partial charge < -0.3 is 14.6 Å². The largest absolute Gasteiger partial charge is 0.481 e. The maximum Gasteiger partial charge on any atom is 0.414 e. The second-order valence-electron chi connectivity index (χ2n) is 10.3. The highest BCUT2D eigenvalue weighted by atomic mass is 19.4. The van der Waals surface area contributed by atoms with Crippen LogP contribution in [-0.2, 0) is 9.53 Å². The molecule has 0 saturated heterocycles. The van der Waals surface area contributed by atoms with Gasteiger partial charge in [0, 0.05) is 30.9 Å². The fourth-order valence-electron chi connectivity index (χ4n) is 4.74. The van der Waals surface area contributed by atoms with E-state index >= 15 is 0 Å². The van der Waals surface area contributed by atoms with Crippen molar-refractivity contribution in [3.05, 3.63) is 72.4 Å². The van der Waals surface area contributed by atoms with Crippen molar-refractivity contribution in [2.24, 2.45) is 0 Å². The molecule has 1 N–H and O–H groups in total. The molecule has 2 aromatic carbocycles. The maximum absolute atomic E-state index is 12.8. The fourth-order valence-corrected chi connectivity index (χ4v) is 4.74. The molecule has 0 spiro atoms. The summed E-state index contributed by atoms with van der Waals surface area (Å²) >= 11 is 0. The van der Waals surface area contributed by atoms with Gasteiger partial charge in [0.1, 0.15) is 0 Å². The van der Waals surface area contributed by atoms with Crippen molar-refractivity contribution in [3.63, 3.8) is 0 Å². The summed E-state index contributed by atoms with van der Waals surface area (Å²) in [6, 6.07) is 20.1. The molecule has 3 rings (SSSR count). The number of nitrogens with zero attached hydrogens (tertiary/aromatic N) is 1. The highest BCUT2D eigenvalue weighted by Crippen LogP contribution is 2.37. The lowest BCUT2D eigenvalue weighted by Crippen LogP contribution is -2.28. The van der Waals surface area contributed by atoms with E-state index in [2.05, 4.69) is 24.0 Å². The number of rotatable bonds is 17. The zero-order valence-corrected chi connectivity index (χ0v) is 23.8. The predicted molar refractivity (Wildman–Crippen MR) is 155 cm³/mol. The third kappa shape index (κ3) is 10.5. The van der Waals surface area contributed by atoms with Gasteiger partial charge in [0.2, 0.25) is 5.88 Å². The van der Waals surface area contributed by atoms with Crippen LogP contribution in [0.5, 0.6) is 5.88 Å². The number of unbranched alkanes of at least 4 members (excludes halogenated alkanes) is 2. The van der Waals surface area contributed by atoms with Gasteiger partial charge in [-0.15, -0.1) is 0 Å². The normalized spacial score (nSPS) is 13.1. The summed E-state index contributed by atoms with van der Waals surface area (Å²) in [5.41, 5.74) is 4.97. The summed E-state index contributed by atoms with van der Waals surface area (Å²) in [4.78, 5) is 15.7. The number of carboxylic acids is 1. The van der Waals surface area contributed by atoms with Gasteiger partial charge in [-0.1, -0.05) is 68.3 Å². The van der Waals surface area contributed by atoms with E-state index in [9.17, 15) is 18.0 Å². The quantitative estimate of drug-likeness (QED) is 0.164. The molecule has 0 saturated carbocycles. The van der Waals surface area contributed by atoms with Gasteiger partial charge in [-0.2, -0.15) is 13.2 Å². The van der Waals surface area contributed by atoms with Gasteiger partial charge in [0.05, 0.1) is 6.61 Å². The Labute approximate surface area is 240 Å². The summed E-state index contributed by atoms with van der Waals surface area (Å²) < 4.78 is 49.4. The van der Waals surface area contributed by atoms with Gasteiger partial charge in [-0.3, -0.25) is 4.79 Å². The first-order valence-corrected chi connectivity index (χ1v) is 14.4. The number of carbonyl (C=O) groups is 1. The number of aromatic nitrogens is 1. The molecule has 0 aliphatic rings. The average molecular weight is 572 g/mol. The lowest BCUT2D eigenvalue weighted by molar-refractivity contribution is -0.214. The Morgan fingerprint density at radius 3 is 2.32 bits per heavy atom. The molecule has 1 aromatic heterocycles. The molecule has 2 unspecified atom stereocenters. The molecule has 222 valence electrons. The lowest BCUT2D eigenvalue weighted by Gasteiger charge is -2.21. The second-order valence-corrected chi connectivity index (χ2v) is 10.3. The van der Waals surface area contributed by atoms with Crippen LogP contribution < -0.4 is 4.74 Å². The fraction of sp³-hybridized carbons (Fsp3) is 0.455.